The van der Waals surface area contributed by atoms with E-state index >= 15 is 0 Å². The van der Waals surface area contributed by atoms with E-state index in [4.69, 9.17) is 11.6 Å². The van der Waals surface area contributed by atoms with Crippen LogP contribution >= 0.6 is 11.6 Å². The molecule has 6 nitrogen and oxygen atoms in total. The van der Waals surface area contributed by atoms with Crippen LogP contribution in [0.2, 0.25) is 5.02 Å². The Morgan fingerprint density at radius 2 is 2.17 bits per heavy atom. The Hall–Kier alpha value is -2.90. The molecule has 0 saturated carbocycles. The zero-order chi connectivity index (χ0) is 20.3. The summed E-state index contributed by atoms with van der Waals surface area (Å²) in [5.41, 5.74) is 2.66. The number of piperazine rings is 1. The minimum Gasteiger partial charge on any atom is -0.507 e. The number of anilines is 2. The van der Waals surface area contributed by atoms with Gasteiger partial charge in [-0.15, -0.1) is 0 Å². The summed E-state index contributed by atoms with van der Waals surface area (Å²) in [5, 5.41) is 14.5. The lowest BCUT2D eigenvalue weighted by Gasteiger charge is -2.44. The van der Waals surface area contributed by atoms with Crippen molar-refractivity contribution in [3.63, 3.8) is 0 Å². The molecule has 0 aliphatic carbocycles. The van der Waals surface area contributed by atoms with E-state index < -0.39 is 5.82 Å². The van der Waals surface area contributed by atoms with E-state index in [1.807, 2.05) is 0 Å². The summed E-state index contributed by atoms with van der Waals surface area (Å²) in [6, 6.07) is 7.28. The maximum Gasteiger partial charge on any atom is 0.250 e. The van der Waals surface area contributed by atoms with E-state index in [1.54, 1.807) is 30.3 Å². The molecule has 0 spiro atoms. The van der Waals surface area contributed by atoms with Crippen LogP contribution in [-0.4, -0.2) is 48.7 Å². The van der Waals surface area contributed by atoms with Gasteiger partial charge >= 0.3 is 0 Å². The number of amides is 1. The third-order valence-electron chi connectivity index (χ3n) is 5.68. The summed E-state index contributed by atoms with van der Waals surface area (Å²) in [5.74, 6) is -0.724. The topological polar surface area (TPSA) is 68.7 Å². The molecule has 2 aliphatic rings. The second-order valence-electron chi connectivity index (χ2n) is 7.29. The molecule has 2 aromatic carbocycles. The van der Waals surface area contributed by atoms with Gasteiger partial charge in [-0.25, -0.2) is 4.39 Å². The largest absolute Gasteiger partial charge is 0.507 e. The van der Waals surface area contributed by atoms with Crippen LogP contribution in [0.5, 0.6) is 5.75 Å². The van der Waals surface area contributed by atoms with Gasteiger partial charge in [-0.1, -0.05) is 17.7 Å². The number of halogens is 2. The molecule has 1 amide bonds. The van der Waals surface area contributed by atoms with Crippen molar-refractivity contribution < 1.29 is 14.3 Å². The second kappa shape index (κ2) is 6.57. The minimum absolute atomic E-state index is 0.0184. The highest BCUT2D eigenvalue weighted by Crippen LogP contribution is 2.44. The summed E-state index contributed by atoms with van der Waals surface area (Å²) < 4.78 is 14.4. The molecule has 1 aromatic heterocycles. The molecule has 29 heavy (non-hydrogen) atoms. The van der Waals surface area contributed by atoms with Crippen molar-refractivity contribution in [3.8, 4) is 16.9 Å². The average molecular weight is 413 g/mol. The quantitative estimate of drug-likeness (QED) is 0.642. The van der Waals surface area contributed by atoms with Gasteiger partial charge in [0.15, 0.2) is 0 Å². The predicted octanol–water partition coefficient (Wildman–Crippen LogP) is 3.15. The highest BCUT2D eigenvalue weighted by molar-refractivity contribution is 6.34. The normalized spacial score (nSPS) is 18.7. The van der Waals surface area contributed by atoms with Crippen molar-refractivity contribution in [2.75, 3.05) is 36.5 Å². The molecule has 148 valence electrons. The molecule has 8 heteroatoms. The van der Waals surface area contributed by atoms with E-state index in [9.17, 15) is 14.3 Å². The number of benzene rings is 2. The summed E-state index contributed by atoms with van der Waals surface area (Å²) in [6.45, 7) is 2.02. The maximum atomic E-state index is 14.4. The van der Waals surface area contributed by atoms with Crippen molar-refractivity contribution in [1.82, 2.24) is 10.3 Å². The molecule has 1 saturated heterocycles. The number of carbonyl (C=O) groups excluding carboxylic acids is 1. The molecule has 3 aromatic rings. The number of phenolic OH excluding ortho intramolecular Hbond substituents is 1. The molecule has 2 aliphatic heterocycles. The number of hydrogen-bond donors (Lipinski definition) is 2. The SMILES string of the molecule is CN1C(=O)[C@H]2CNCCN2c2c1cnc1cc(-c3c(O)cccc3F)c(Cl)cc21. The van der Waals surface area contributed by atoms with Crippen LogP contribution in [0.3, 0.4) is 0 Å². The lowest BCUT2D eigenvalue weighted by molar-refractivity contribution is -0.120. The van der Waals surface area contributed by atoms with Gasteiger partial charge in [0, 0.05) is 42.7 Å². The van der Waals surface area contributed by atoms with E-state index in [0.29, 0.717) is 29.2 Å². The van der Waals surface area contributed by atoms with Gasteiger partial charge in [0.2, 0.25) is 0 Å². The van der Waals surface area contributed by atoms with Crippen molar-refractivity contribution in [3.05, 3.63) is 47.4 Å². The van der Waals surface area contributed by atoms with Crippen molar-refractivity contribution in [2.24, 2.45) is 0 Å². The molecule has 3 heterocycles. The average Bonchev–Trinajstić information content (AvgIpc) is 2.71. The maximum absolute atomic E-state index is 14.4. The van der Waals surface area contributed by atoms with Crippen LogP contribution in [0.25, 0.3) is 22.0 Å². The Labute approximate surface area is 171 Å². The van der Waals surface area contributed by atoms with Gasteiger partial charge in [0.1, 0.15) is 17.6 Å². The number of nitrogens with one attached hydrogen (secondary N) is 1. The van der Waals surface area contributed by atoms with Gasteiger partial charge < -0.3 is 20.2 Å². The monoisotopic (exact) mass is 412 g/mol. The number of pyridine rings is 1. The van der Waals surface area contributed by atoms with Gasteiger partial charge in [0.25, 0.3) is 5.91 Å². The Balaban J connectivity index is 1.76. The van der Waals surface area contributed by atoms with E-state index in [-0.39, 0.29) is 23.3 Å². The molecule has 1 fully saturated rings. The molecule has 0 radical (unpaired) electrons. The van der Waals surface area contributed by atoms with Crippen molar-refractivity contribution in [1.29, 1.82) is 0 Å². The number of carbonyl (C=O) groups is 1. The smallest absolute Gasteiger partial charge is 0.250 e. The van der Waals surface area contributed by atoms with Crippen molar-refractivity contribution in [2.45, 2.75) is 6.04 Å². The predicted molar refractivity (Wildman–Crippen MR) is 111 cm³/mol. The number of fused-ring (bicyclic) bond motifs is 5. The first-order valence-corrected chi connectivity index (χ1v) is 9.70. The summed E-state index contributed by atoms with van der Waals surface area (Å²) in [4.78, 5) is 21.0. The standard InChI is InChI=1S/C21H18ClFN4O2/c1-26-16-10-25-15-8-11(19-14(23)3-2-4-18(19)28)13(22)7-12(15)20(16)27-6-5-24-9-17(27)21(26)29/h2-4,7-8,10,17,24,28H,5-6,9H2,1H3/t17-/m1/s1. The number of rotatable bonds is 1. The summed E-state index contributed by atoms with van der Waals surface area (Å²) >= 11 is 6.55. The van der Waals surface area contributed by atoms with Crippen LogP contribution in [0.15, 0.2) is 36.5 Å². The Bertz CT molecular complexity index is 1150. The number of aromatic hydroxyl groups is 1. The van der Waals surface area contributed by atoms with Crippen LogP contribution in [0.4, 0.5) is 15.8 Å². The highest BCUT2D eigenvalue weighted by atomic mass is 35.5. The minimum atomic E-state index is -0.559. The van der Waals surface area contributed by atoms with Gasteiger partial charge in [0.05, 0.1) is 28.7 Å². The first-order valence-electron chi connectivity index (χ1n) is 9.32. The molecule has 2 N–H and O–H groups in total. The van der Waals surface area contributed by atoms with Gasteiger partial charge in [-0.2, -0.15) is 0 Å². The summed E-state index contributed by atoms with van der Waals surface area (Å²) in [7, 11) is 1.74. The molecule has 0 unspecified atom stereocenters. The van der Waals surface area contributed by atoms with Crippen LogP contribution in [0, 0.1) is 5.82 Å². The fourth-order valence-corrected chi connectivity index (χ4v) is 4.50. The lowest BCUT2D eigenvalue weighted by atomic mass is 9.98. The molecule has 1 atom stereocenters. The second-order valence-corrected chi connectivity index (χ2v) is 7.69. The molecular weight excluding hydrogens is 395 g/mol. The summed E-state index contributed by atoms with van der Waals surface area (Å²) in [6.07, 6.45) is 1.66. The number of likely N-dealkylation sites (N-methyl/N-ethyl adjacent to an activating group) is 1. The number of nitrogens with zero attached hydrogens (tertiary/aromatic N) is 3. The number of aromatic nitrogens is 1. The van der Waals surface area contributed by atoms with E-state index in [1.165, 1.54) is 18.2 Å². The van der Waals surface area contributed by atoms with E-state index in [2.05, 4.69) is 15.2 Å². The molecular formula is C21H18ClFN4O2. The highest BCUT2D eigenvalue weighted by Gasteiger charge is 2.39. The lowest BCUT2D eigenvalue weighted by Crippen LogP contribution is -2.61. The number of hydrogen-bond acceptors (Lipinski definition) is 5. The zero-order valence-electron chi connectivity index (χ0n) is 15.6. The van der Waals surface area contributed by atoms with Gasteiger partial charge in [-0.3, -0.25) is 9.78 Å². The fraction of sp³-hybridized carbons (Fsp3) is 0.238. The molecule has 5 rings (SSSR count). The Kier molecular flexibility index (Phi) is 4.11. The third-order valence-corrected chi connectivity index (χ3v) is 5.99. The van der Waals surface area contributed by atoms with Crippen LogP contribution < -0.4 is 15.1 Å². The Morgan fingerprint density at radius 3 is 2.97 bits per heavy atom. The Morgan fingerprint density at radius 1 is 1.34 bits per heavy atom. The zero-order valence-corrected chi connectivity index (χ0v) is 16.4. The van der Waals surface area contributed by atoms with Gasteiger partial charge in [-0.05, 0) is 24.3 Å². The van der Waals surface area contributed by atoms with Crippen LogP contribution in [-0.2, 0) is 4.79 Å². The first kappa shape index (κ1) is 18.1. The number of phenols is 1. The fourth-order valence-electron chi connectivity index (χ4n) is 4.24. The third kappa shape index (κ3) is 2.65. The molecule has 0 bridgehead atoms. The van der Waals surface area contributed by atoms with Crippen molar-refractivity contribution >= 4 is 39.8 Å². The first-order chi connectivity index (χ1) is 14.0. The van der Waals surface area contributed by atoms with Crippen LogP contribution in [0.1, 0.15) is 0 Å². The van der Waals surface area contributed by atoms with E-state index in [0.717, 1.165) is 23.3 Å².